The smallest absolute Gasteiger partial charge is 0.237 e. The topological polar surface area (TPSA) is 44.4 Å². The molecule has 1 aromatic rings. The zero-order valence-corrected chi connectivity index (χ0v) is 8.67. The molecular formula is C7H9IN2O2. The Morgan fingerprint density at radius 3 is 2.42 bits per heavy atom. The van der Waals surface area contributed by atoms with E-state index < -0.39 is 0 Å². The zero-order valence-electron chi connectivity index (χ0n) is 6.51. The van der Waals surface area contributed by atoms with Crippen LogP contribution < -0.4 is 33.6 Å². The Labute approximate surface area is 87.4 Å². The molecule has 0 aromatic carbocycles. The number of hydroxylamine groups is 1. The summed E-state index contributed by atoms with van der Waals surface area (Å²) in [6.07, 6.45) is 3.82. The summed E-state index contributed by atoms with van der Waals surface area (Å²) in [6.45, 7) is 0. The Morgan fingerprint density at radius 2 is 2.00 bits per heavy atom. The molecule has 0 fully saturated rings. The molecule has 0 aliphatic rings. The first-order valence-corrected chi connectivity index (χ1v) is 3.13. The van der Waals surface area contributed by atoms with Crippen molar-refractivity contribution in [2.75, 3.05) is 5.06 Å². The van der Waals surface area contributed by atoms with Gasteiger partial charge < -0.3 is 24.0 Å². The largest absolute Gasteiger partial charge is 1.00 e. The number of anilines is 1. The molecule has 0 aliphatic heterocycles. The third-order valence-corrected chi connectivity index (χ3v) is 1.33. The Bertz CT molecular complexity index is 250. The molecular weight excluding hydrogens is 271 g/mol. The number of nitrogens with zero attached hydrogens (tertiary/aromatic N) is 2. The van der Waals surface area contributed by atoms with Crippen LogP contribution in [0.15, 0.2) is 24.5 Å². The lowest BCUT2D eigenvalue weighted by atomic mass is 10.4. The first-order valence-electron chi connectivity index (χ1n) is 3.13. The molecule has 0 atom stereocenters. The van der Waals surface area contributed by atoms with Crippen molar-refractivity contribution in [2.24, 2.45) is 7.05 Å². The third kappa shape index (κ3) is 2.74. The Morgan fingerprint density at radius 1 is 1.50 bits per heavy atom. The molecule has 1 rings (SSSR count). The number of carbonyl (C=O) groups is 1. The van der Waals surface area contributed by atoms with Crippen LogP contribution >= 0.6 is 0 Å². The molecule has 0 unspecified atom stereocenters. The van der Waals surface area contributed by atoms with Crippen LogP contribution in [-0.2, 0) is 11.8 Å². The molecule has 1 heterocycles. The fourth-order valence-electron chi connectivity index (χ4n) is 0.707. The fraction of sp³-hybridized carbons (Fsp3) is 0.143. The van der Waals surface area contributed by atoms with Crippen molar-refractivity contribution in [1.82, 2.24) is 0 Å². The molecule has 1 aromatic heterocycles. The van der Waals surface area contributed by atoms with Crippen LogP contribution in [0.4, 0.5) is 5.69 Å². The van der Waals surface area contributed by atoms with Crippen molar-refractivity contribution in [3.8, 4) is 0 Å². The highest BCUT2D eigenvalue weighted by Crippen LogP contribution is 2.05. The summed E-state index contributed by atoms with van der Waals surface area (Å²) in [5, 5.41) is 9.40. The lowest BCUT2D eigenvalue weighted by molar-refractivity contribution is -0.671. The van der Waals surface area contributed by atoms with Gasteiger partial charge in [-0.2, -0.15) is 5.06 Å². The van der Waals surface area contributed by atoms with Gasteiger partial charge in [0.1, 0.15) is 7.05 Å². The van der Waals surface area contributed by atoms with E-state index in [2.05, 4.69) is 0 Å². The van der Waals surface area contributed by atoms with E-state index in [9.17, 15) is 4.79 Å². The van der Waals surface area contributed by atoms with Gasteiger partial charge in [-0.3, -0.25) is 10.0 Å². The number of aryl methyl sites for hydroxylation is 1. The van der Waals surface area contributed by atoms with E-state index in [1.807, 2.05) is 11.6 Å². The van der Waals surface area contributed by atoms with Gasteiger partial charge in [-0.25, -0.2) is 4.57 Å². The van der Waals surface area contributed by atoms with E-state index in [-0.39, 0.29) is 24.0 Å². The maximum atomic E-state index is 10.1. The third-order valence-electron chi connectivity index (χ3n) is 1.33. The number of aromatic nitrogens is 1. The lowest BCUT2D eigenvalue weighted by Gasteiger charge is -2.05. The van der Waals surface area contributed by atoms with E-state index in [1.165, 1.54) is 0 Å². The van der Waals surface area contributed by atoms with E-state index in [0.29, 0.717) is 17.2 Å². The number of hydrogen-bond donors (Lipinski definition) is 1. The molecule has 1 amide bonds. The first-order chi connectivity index (χ1) is 5.24. The van der Waals surface area contributed by atoms with Crippen molar-refractivity contribution in [2.45, 2.75) is 0 Å². The summed E-state index contributed by atoms with van der Waals surface area (Å²) < 4.78 is 1.81. The van der Waals surface area contributed by atoms with Crippen molar-refractivity contribution in [3.05, 3.63) is 24.5 Å². The quantitative estimate of drug-likeness (QED) is 0.205. The standard InChI is InChI=1S/C7H9N2O2.HI/c1-8-4-2-7(3-5-8)9(11)6-10;/h2-6,11H,1H3;1H/q+1;/p-1. The van der Waals surface area contributed by atoms with Crippen LogP contribution in [0.1, 0.15) is 0 Å². The van der Waals surface area contributed by atoms with Gasteiger partial charge in [0, 0.05) is 12.1 Å². The highest BCUT2D eigenvalue weighted by atomic mass is 127. The van der Waals surface area contributed by atoms with Crippen molar-refractivity contribution in [3.63, 3.8) is 0 Å². The number of carbonyl (C=O) groups excluding carboxylic acids is 1. The van der Waals surface area contributed by atoms with Crippen LogP contribution in [0, 0.1) is 0 Å². The molecule has 0 spiro atoms. The second kappa shape index (κ2) is 5.04. The van der Waals surface area contributed by atoms with E-state index in [4.69, 9.17) is 5.21 Å². The molecule has 0 bridgehead atoms. The molecule has 4 nitrogen and oxygen atoms in total. The van der Waals surface area contributed by atoms with Gasteiger partial charge in [0.2, 0.25) is 6.41 Å². The average Bonchev–Trinajstić information content (AvgIpc) is 2.05. The van der Waals surface area contributed by atoms with Gasteiger partial charge in [-0.05, 0) is 0 Å². The fourth-order valence-corrected chi connectivity index (χ4v) is 0.707. The summed E-state index contributed by atoms with van der Waals surface area (Å²) in [6, 6.07) is 3.27. The summed E-state index contributed by atoms with van der Waals surface area (Å²) in [5.74, 6) is 0. The monoisotopic (exact) mass is 280 g/mol. The van der Waals surface area contributed by atoms with Crippen LogP contribution in [0.2, 0.25) is 0 Å². The Kier molecular flexibility index (Phi) is 4.75. The highest BCUT2D eigenvalue weighted by Gasteiger charge is 2.00. The SMILES string of the molecule is C[n+]1ccc(N(O)C=O)cc1.[I-]. The van der Waals surface area contributed by atoms with Gasteiger partial charge >= 0.3 is 0 Å². The minimum absolute atomic E-state index is 0. The van der Waals surface area contributed by atoms with Crippen LogP contribution in [0.3, 0.4) is 0 Å². The molecule has 0 saturated carbocycles. The molecule has 5 heteroatoms. The first kappa shape index (κ1) is 11.3. The summed E-state index contributed by atoms with van der Waals surface area (Å²) >= 11 is 0. The summed E-state index contributed by atoms with van der Waals surface area (Å²) in [4.78, 5) is 10.1. The number of amides is 1. The molecule has 1 N–H and O–H groups in total. The number of pyridine rings is 1. The summed E-state index contributed by atoms with van der Waals surface area (Å²) in [7, 11) is 1.85. The minimum atomic E-state index is 0. The predicted molar refractivity (Wildman–Crippen MR) is 37.9 cm³/mol. The van der Waals surface area contributed by atoms with E-state index in [0.717, 1.165) is 0 Å². The normalized spacial score (nSPS) is 8.50. The molecule has 0 radical (unpaired) electrons. The zero-order chi connectivity index (χ0) is 8.27. The maximum Gasteiger partial charge on any atom is 0.237 e. The highest BCUT2D eigenvalue weighted by molar-refractivity contribution is 5.70. The van der Waals surface area contributed by atoms with Gasteiger partial charge in [-0.1, -0.05) is 0 Å². The molecule has 12 heavy (non-hydrogen) atoms. The van der Waals surface area contributed by atoms with E-state index >= 15 is 0 Å². The predicted octanol–water partition coefficient (Wildman–Crippen LogP) is -3.13. The number of rotatable bonds is 2. The maximum absolute atomic E-state index is 10.1. The van der Waals surface area contributed by atoms with Gasteiger partial charge in [0.15, 0.2) is 12.4 Å². The van der Waals surface area contributed by atoms with Crippen LogP contribution in [0.25, 0.3) is 0 Å². The lowest BCUT2D eigenvalue weighted by Crippen LogP contribution is -3.00. The number of hydrogen-bond acceptors (Lipinski definition) is 2. The number of halogens is 1. The minimum Gasteiger partial charge on any atom is -1.00 e. The van der Waals surface area contributed by atoms with Crippen LogP contribution in [-0.4, -0.2) is 11.6 Å². The Balaban J connectivity index is 0.00000121. The van der Waals surface area contributed by atoms with E-state index in [1.54, 1.807) is 24.5 Å². The van der Waals surface area contributed by atoms with Crippen molar-refractivity contribution in [1.29, 1.82) is 0 Å². The molecule has 66 valence electrons. The van der Waals surface area contributed by atoms with Gasteiger partial charge in [0.05, 0.1) is 5.69 Å². The van der Waals surface area contributed by atoms with Crippen molar-refractivity contribution < 1.29 is 38.5 Å². The molecule has 0 aliphatic carbocycles. The second-order valence-electron chi connectivity index (χ2n) is 2.17. The average molecular weight is 280 g/mol. The second-order valence-corrected chi connectivity index (χ2v) is 2.17. The van der Waals surface area contributed by atoms with Crippen molar-refractivity contribution >= 4 is 12.1 Å². The molecule has 0 saturated heterocycles. The summed E-state index contributed by atoms with van der Waals surface area (Å²) in [5.41, 5.74) is 0.457. The van der Waals surface area contributed by atoms with Gasteiger partial charge in [0.25, 0.3) is 0 Å². The van der Waals surface area contributed by atoms with Gasteiger partial charge in [-0.15, -0.1) is 0 Å². The Hall–Kier alpha value is -0.690. The van der Waals surface area contributed by atoms with Crippen LogP contribution in [0.5, 0.6) is 0 Å².